The Morgan fingerprint density at radius 3 is 2.57 bits per heavy atom. The minimum atomic E-state index is -3.69. The number of benzene rings is 2. The molecule has 7 nitrogen and oxygen atoms in total. The van der Waals surface area contributed by atoms with Crippen molar-refractivity contribution in [3.8, 4) is 0 Å². The summed E-state index contributed by atoms with van der Waals surface area (Å²) < 4.78 is 33.1. The highest BCUT2D eigenvalue weighted by Crippen LogP contribution is 2.28. The topological polar surface area (TPSA) is 102 Å². The van der Waals surface area contributed by atoms with E-state index in [-0.39, 0.29) is 16.9 Å². The Labute approximate surface area is 184 Å². The highest BCUT2D eigenvalue weighted by atomic mass is 79.9. The number of esters is 1. The van der Waals surface area contributed by atoms with Crippen LogP contribution in [0.2, 0.25) is 0 Å². The van der Waals surface area contributed by atoms with Gasteiger partial charge in [0.1, 0.15) is 0 Å². The fourth-order valence-electron chi connectivity index (χ4n) is 2.90. The van der Waals surface area contributed by atoms with Crippen LogP contribution in [0.5, 0.6) is 0 Å². The summed E-state index contributed by atoms with van der Waals surface area (Å²) in [6, 6.07) is 12.4. The highest BCUT2D eigenvalue weighted by Gasteiger charge is 2.25. The van der Waals surface area contributed by atoms with Gasteiger partial charge in [-0.15, -0.1) is 0 Å². The number of sulfonamides is 1. The first-order chi connectivity index (χ1) is 14.3. The molecule has 1 saturated carbocycles. The van der Waals surface area contributed by atoms with Crippen LogP contribution < -0.4 is 10.0 Å². The van der Waals surface area contributed by atoms with Crippen molar-refractivity contribution in [2.75, 3.05) is 13.7 Å². The van der Waals surface area contributed by atoms with Gasteiger partial charge in [-0.05, 0) is 54.7 Å². The van der Waals surface area contributed by atoms with Crippen LogP contribution in [-0.2, 0) is 19.6 Å². The molecule has 1 aliphatic carbocycles. The van der Waals surface area contributed by atoms with E-state index in [0.29, 0.717) is 12.5 Å². The second kappa shape index (κ2) is 9.72. The normalized spacial score (nSPS) is 14.7. The molecule has 0 heterocycles. The Morgan fingerprint density at radius 1 is 1.17 bits per heavy atom. The molecule has 9 heteroatoms. The summed E-state index contributed by atoms with van der Waals surface area (Å²) in [5.41, 5.74) is 0.909. The molecule has 2 aromatic rings. The maximum absolute atomic E-state index is 12.8. The van der Waals surface area contributed by atoms with Crippen molar-refractivity contribution in [2.24, 2.45) is 5.92 Å². The number of methoxy groups -OCH3 is 1. The molecule has 3 rings (SSSR count). The zero-order valence-electron chi connectivity index (χ0n) is 16.4. The van der Waals surface area contributed by atoms with Crippen molar-refractivity contribution < 1.29 is 22.7 Å². The maximum Gasteiger partial charge on any atom is 0.307 e. The summed E-state index contributed by atoms with van der Waals surface area (Å²) >= 11 is 3.38. The summed E-state index contributed by atoms with van der Waals surface area (Å²) in [5, 5.41) is 2.81. The van der Waals surface area contributed by atoms with Crippen molar-refractivity contribution in [3.63, 3.8) is 0 Å². The van der Waals surface area contributed by atoms with Crippen LogP contribution in [0.25, 0.3) is 0 Å². The Balaban J connectivity index is 1.78. The van der Waals surface area contributed by atoms with Gasteiger partial charge in [-0.25, -0.2) is 13.1 Å². The number of hydrogen-bond donors (Lipinski definition) is 2. The smallest absolute Gasteiger partial charge is 0.307 e. The van der Waals surface area contributed by atoms with E-state index in [2.05, 4.69) is 26.0 Å². The van der Waals surface area contributed by atoms with Crippen molar-refractivity contribution in [1.82, 2.24) is 10.0 Å². The van der Waals surface area contributed by atoms with Crippen molar-refractivity contribution in [1.29, 1.82) is 0 Å². The zero-order valence-corrected chi connectivity index (χ0v) is 18.8. The Bertz CT molecular complexity index is 1040. The summed E-state index contributed by atoms with van der Waals surface area (Å²) in [6.45, 7) is 0.406. The number of amides is 1. The molecule has 1 amide bonds. The largest absolute Gasteiger partial charge is 0.469 e. The average Bonchev–Trinajstić information content (AvgIpc) is 3.56. The van der Waals surface area contributed by atoms with Gasteiger partial charge < -0.3 is 10.1 Å². The highest BCUT2D eigenvalue weighted by molar-refractivity contribution is 9.10. The van der Waals surface area contributed by atoms with Crippen LogP contribution in [0.4, 0.5) is 0 Å². The van der Waals surface area contributed by atoms with Crippen molar-refractivity contribution >= 4 is 37.8 Å². The van der Waals surface area contributed by atoms with Gasteiger partial charge in [0.15, 0.2) is 0 Å². The monoisotopic (exact) mass is 494 g/mol. The molecule has 0 saturated heterocycles. The van der Waals surface area contributed by atoms with Crippen LogP contribution in [0.3, 0.4) is 0 Å². The van der Waals surface area contributed by atoms with Gasteiger partial charge in [-0.3, -0.25) is 9.59 Å². The standard InChI is InChI=1S/C21H23BrN2O5S/c1-29-20(25)12-19(15-4-2-6-17(22)10-15)24-21(26)16-5-3-7-18(11-16)30(27,28)23-13-14-8-9-14/h2-7,10-11,14,19,23H,8-9,12-13H2,1H3,(H,24,26)/t19-/m1/s1. The minimum Gasteiger partial charge on any atom is -0.469 e. The van der Waals surface area contributed by atoms with E-state index < -0.39 is 27.9 Å². The van der Waals surface area contributed by atoms with Crippen LogP contribution in [-0.4, -0.2) is 33.9 Å². The van der Waals surface area contributed by atoms with Gasteiger partial charge in [0, 0.05) is 16.6 Å². The number of carbonyl (C=O) groups is 2. The molecule has 1 aliphatic rings. The molecule has 0 unspecified atom stereocenters. The fraction of sp³-hybridized carbons (Fsp3) is 0.333. The van der Waals surface area contributed by atoms with E-state index in [4.69, 9.17) is 4.74 Å². The molecule has 1 atom stereocenters. The molecule has 0 aromatic heterocycles. The summed E-state index contributed by atoms with van der Waals surface area (Å²) in [6.07, 6.45) is 2.00. The van der Waals surface area contributed by atoms with E-state index in [0.717, 1.165) is 22.9 Å². The van der Waals surface area contributed by atoms with Gasteiger partial charge in [0.2, 0.25) is 10.0 Å². The molecular weight excluding hydrogens is 472 g/mol. The van der Waals surface area contributed by atoms with Gasteiger partial charge >= 0.3 is 5.97 Å². The van der Waals surface area contributed by atoms with Crippen LogP contribution in [0, 0.1) is 5.92 Å². The number of rotatable bonds is 9. The Hall–Kier alpha value is -2.23. The summed E-state index contributed by atoms with van der Waals surface area (Å²) in [7, 11) is -2.41. The number of hydrogen-bond acceptors (Lipinski definition) is 5. The molecule has 30 heavy (non-hydrogen) atoms. The van der Waals surface area contributed by atoms with Crippen molar-refractivity contribution in [2.45, 2.75) is 30.2 Å². The molecule has 1 fully saturated rings. The first kappa shape index (κ1) is 22.5. The van der Waals surface area contributed by atoms with E-state index in [9.17, 15) is 18.0 Å². The maximum atomic E-state index is 12.8. The number of halogens is 1. The lowest BCUT2D eigenvalue weighted by atomic mass is 10.0. The van der Waals surface area contributed by atoms with E-state index in [1.165, 1.54) is 31.4 Å². The first-order valence-corrected chi connectivity index (χ1v) is 11.8. The molecule has 160 valence electrons. The molecule has 0 radical (unpaired) electrons. The third-order valence-electron chi connectivity index (χ3n) is 4.82. The third-order valence-corrected chi connectivity index (χ3v) is 6.73. The second-order valence-corrected chi connectivity index (χ2v) is 9.87. The molecule has 0 bridgehead atoms. The van der Waals surface area contributed by atoms with E-state index in [1.807, 2.05) is 6.07 Å². The molecule has 0 spiro atoms. The number of carbonyl (C=O) groups excluding carboxylic acids is 2. The number of ether oxygens (including phenoxy) is 1. The van der Waals surface area contributed by atoms with Crippen LogP contribution >= 0.6 is 15.9 Å². The van der Waals surface area contributed by atoms with E-state index in [1.54, 1.807) is 18.2 Å². The van der Waals surface area contributed by atoms with E-state index >= 15 is 0 Å². The molecule has 2 aromatic carbocycles. The van der Waals surface area contributed by atoms with Crippen LogP contribution in [0.1, 0.15) is 41.2 Å². The number of nitrogens with one attached hydrogen (secondary N) is 2. The third kappa shape index (κ3) is 6.13. The molecule has 2 N–H and O–H groups in total. The van der Waals surface area contributed by atoms with Gasteiger partial charge in [0.25, 0.3) is 5.91 Å². The lowest BCUT2D eigenvalue weighted by Crippen LogP contribution is -2.31. The Kier molecular flexibility index (Phi) is 7.27. The second-order valence-electron chi connectivity index (χ2n) is 7.18. The first-order valence-electron chi connectivity index (χ1n) is 9.51. The van der Waals surface area contributed by atoms with Gasteiger partial charge in [-0.1, -0.05) is 34.1 Å². The SMILES string of the molecule is COC(=O)C[C@@H](NC(=O)c1cccc(S(=O)(=O)NCC2CC2)c1)c1cccc(Br)c1. The predicted molar refractivity (Wildman–Crippen MR) is 115 cm³/mol. The quantitative estimate of drug-likeness (QED) is 0.521. The average molecular weight is 495 g/mol. The van der Waals surface area contributed by atoms with Crippen molar-refractivity contribution in [3.05, 3.63) is 64.1 Å². The lowest BCUT2D eigenvalue weighted by molar-refractivity contribution is -0.141. The summed E-state index contributed by atoms with van der Waals surface area (Å²) in [5.74, 6) is -0.556. The predicted octanol–water partition coefficient (Wildman–Crippen LogP) is 3.17. The lowest BCUT2D eigenvalue weighted by Gasteiger charge is -2.19. The molecule has 0 aliphatic heterocycles. The fourth-order valence-corrected chi connectivity index (χ4v) is 4.48. The Morgan fingerprint density at radius 2 is 1.90 bits per heavy atom. The zero-order chi connectivity index (χ0) is 21.7. The van der Waals surface area contributed by atoms with Gasteiger partial charge in [0.05, 0.1) is 24.5 Å². The van der Waals surface area contributed by atoms with Crippen LogP contribution in [0.15, 0.2) is 57.9 Å². The van der Waals surface area contributed by atoms with Gasteiger partial charge in [-0.2, -0.15) is 0 Å². The molecular formula is C21H23BrN2O5S. The summed E-state index contributed by atoms with van der Waals surface area (Å²) in [4.78, 5) is 24.7. The minimum absolute atomic E-state index is 0.0303.